The average molecular weight is 375 g/mol. The third-order valence-corrected chi connectivity index (χ3v) is 7.84. The van der Waals surface area contributed by atoms with E-state index in [-0.39, 0.29) is 0 Å². The fraction of sp³-hybridized carbons (Fsp3) is 1.00. The zero-order chi connectivity index (χ0) is 18.1. The highest BCUT2D eigenvalue weighted by molar-refractivity contribution is 7.87. The normalized spacial score (nSPS) is 31.5. The van der Waals surface area contributed by atoms with Crippen LogP contribution in [0, 0.1) is 17.3 Å². The molecule has 0 atom stereocenters. The van der Waals surface area contributed by atoms with Gasteiger partial charge in [0.05, 0.1) is 13.2 Å². The molecule has 1 N–H and O–H groups in total. The van der Waals surface area contributed by atoms with Gasteiger partial charge in [0.25, 0.3) is 10.2 Å². The first kappa shape index (κ1) is 19.5. The molecule has 0 bridgehead atoms. The number of nitrogens with zero attached hydrogens (tertiary/aromatic N) is 1. The summed E-state index contributed by atoms with van der Waals surface area (Å²) in [5, 5.41) is 0. The highest BCUT2D eigenvalue weighted by Gasteiger charge is 2.42. The summed E-state index contributed by atoms with van der Waals surface area (Å²) in [6.45, 7) is 9.64. The van der Waals surface area contributed by atoms with Crippen molar-refractivity contribution in [2.24, 2.45) is 17.3 Å². The van der Waals surface area contributed by atoms with Gasteiger partial charge < -0.3 is 9.47 Å². The van der Waals surface area contributed by atoms with Crippen LogP contribution in [0.15, 0.2) is 0 Å². The summed E-state index contributed by atoms with van der Waals surface area (Å²) in [5.41, 5.74) is 0.360. The van der Waals surface area contributed by atoms with Gasteiger partial charge in [-0.05, 0) is 42.9 Å². The van der Waals surface area contributed by atoms with Crippen LogP contribution < -0.4 is 4.72 Å². The van der Waals surface area contributed by atoms with Crippen LogP contribution in [0.2, 0.25) is 0 Å². The summed E-state index contributed by atoms with van der Waals surface area (Å²) in [5.74, 6) is 0.688. The maximum Gasteiger partial charge on any atom is 0.279 e. The Balaban J connectivity index is 1.44. The molecule has 0 aromatic heterocycles. The van der Waals surface area contributed by atoms with Crippen LogP contribution in [0.4, 0.5) is 0 Å². The Labute approximate surface area is 152 Å². The van der Waals surface area contributed by atoms with Crippen molar-refractivity contribution in [2.45, 2.75) is 65.1 Å². The molecule has 7 heteroatoms. The van der Waals surface area contributed by atoms with Gasteiger partial charge in [0.15, 0.2) is 5.79 Å². The van der Waals surface area contributed by atoms with E-state index in [9.17, 15) is 8.42 Å². The molecular weight excluding hydrogens is 340 g/mol. The van der Waals surface area contributed by atoms with Gasteiger partial charge in [-0.25, -0.2) is 4.72 Å². The van der Waals surface area contributed by atoms with Crippen molar-refractivity contribution in [3.05, 3.63) is 0 Å². The molecular formula is C18H34N2O4S. The molecule has 1 spiro atoms. The molecule has 0 amide bonds. The standard InChI is InChI=1S/C18H34N2O4S/c1-17(2,3)16-6-4-15(5-7-16)14-19-25(21,22)20-10-8-18(9-11-20)23-12-13-24-18/h15-16,19H,4-14H2,1-3H3. The Hall–Kier alpha value is -0.210. The van der Waals surface area contributed by atoms with Crippen molar-refractivity contribution in [1.29, 1.82) is 0 Å². The van der Waals surface area contributed by atoms with Crippen molar-refractivity contribution in [3.8, 4) is 0 Å². The summed E-state index contributed by atoms with van der Waals surface area (Å²) < 4.78 is 40.9. The SMILES string of the molecule is CC(C)(C)C1CCC(CNS(=O)(=O)N2CCC3(CC2)OCCO3)CC1. The van der Waals surface area contributed by atoms with Crippen molar-refractivity contribution in [1.82, 2.24) is 9.03 Å². The minimum absolute atomic E-state index is 0.360. The zero-order valence-corrected chi connectivity index (χ0v) is 16.7. The minimum Gasteiger partial charge on any atom is -0.347 e. The highest BCUT2D eigenvalue weighted by atomic mass is 32.2. The largest absolute Gasteiger partial charge is 0.347 e. The van der Waals surface area contributed by atoms with Gasteiger partial charge in [-0.2, -0.15) is 12.7 Å². The van der Waals surface area contributed by atoms with Crippen LogP contribution in [-0.2, 0) is 19.7 Å². The predicted octanol–water partition coefficient (Wildman–Crippen LogP) is 2.51. The molecule has 0 radical (unpaired) electrons. The lowest BCUT2D eigenvalue weighted by Gasteiger charge is -2.38. The summed E-state index contributed by atoms with van der Waals surface area (Å²) >= 11 is 0. The van der Waals surface area contributed by atoms with Crippen LogP contribution in [0.3, 0.4) is 0 Å². The Bertz CT molecular complexity index is 534. The summed E-state index contributed by atoms with van der Waals surface area (Å²) in [7, 11) is -3.40. The van der Waals surface area contributed by atoms with Gasteiger partial charge in [-0.15, -0.1) is 0 Å². The number of hydrogen-bond acceptors (Lipinski definition) is 4. The quantitative estimate of drug-likeness (QED) is 0.821. The molecule has 3 rings (SSSR count). The lowest BCUT2D eigenvalue weighted by molar-refractivity contribution is -0.179. The van der Waals surface area contributed by atoms with E-state index in [1.165, 1.54) is 12.8 Å². The monoisotopic (exact) mass is 374 g/mol. The molecule has 146 valence electrons. The van der Waals surface area contributed by atoms with Crippen molar-refractivity contribution < 1.29 is 17.9 Å². The lowest BCUT2D eigenvalue weighted by Crippen LogP contribution is -2.51. The first-order chi connectivity index (χ1) is 11.7. The third kappa shape index (κ3) is 4.75. The second-order valence-electron chi connectivity index (χ2n) is 8.94. The fourth-order valence-electron chi connectivity index (χ4n) is 4.40. The maximum absolute atomic E-state index is 12.6. The first-order valence-corrected chi connectivity index (χ1v) is 11.2. The number of nitrogens with one attached hydrogen (secondary N) is 1. The van der Waals surface area contributed by atoms with Crippen LogP contribution in [0.5, 0.6) is 0 Å². The Morgan fingerprint density at radius 3 is 2.12 bits per heavy atom. The van der Waals surface area contributed by atoms with Crippen LogP contribution >= 0.6 is 0 Å². The van der Waals surface area contributed by atoms with Crippen molar-refractivity contribution in [3.63, 3.8) is 0 Å². The molecule has 2 saturated heterocycles. The van der Waals surface area contributed by atoms with Gasteiger partial charge in [-0.1, -0.05) is 20.8 Å². The molecule has 3 aliphatic rings. The summed E-state index contributed by atoms with van der Waals surface area (Å²) in [6.07, 6.45) is 5.88. The highest BCUT2D eigenvalue weighted by Crippen LogP contribution is 2.39. The van der Waals surface area contributed by atoms with E-state index in [2.05, 4.69) is 25.5 Å². The molecule has 25 heavy (non-hydrogen) atoms. The van der Waals surface area contributed by atoms with Crippen molar-refractivity contribution >= 4 is 10.2 Å². The van der Waals surface area contributed by atoms with E-state index in [1.807, 2.05) is 0 Å². The molecule has 2 heterocycles. The van der Waals surface area contributed by atoms with Crippen LogP contribution in [0.25, 0.3) is 0 Å². The van der Waals surface area contributed by atoms with Gasteiger partial charge >= 0.3 is 0 Å². The molecule has 1 saturated carbocycles. The molecule has 1 aliphatic carbocycles. The van der Waals surface area contributed by atoms with Gasteiger partial charge in [0.2, 0.25) is 0 Å². The van der Waals surface area contributed by atoms with Gasteiger partial charge in [0.1, 0.15) is 0 Å². The Morgan fingerprint density at radius 1 is 1.04 bits per heavy atom. The summed E-state index contributed by atoms with van der Waals surface area (Å²) in [6, 6.07) is 0. The topological polar surface area (TPSA) is 67.9 Å². The molecule has 0 unspecified atom stereocenters. The molecule has 3 fully saturated rings. The molecule has 2 aliphatic heterocycles. The van der Waals surface area contributed by atoms with Crippen molar-refractivity contribution in [2.75, 3.05) is 32.8 Å². The van der Waals surface area contributed by atoms with E-state index in [1.54, 1.807) is 4.31 Å². The zero-order valence-electron chi connectivity index (χ0n) is 15.9. The minimum atomic E-state index is -3.40. The number of rotatable bonds is 4. The number of ether oxygens (including phenoxy) is 2. The summed E-state index contributed by atoms with van der Waals surface area (Å²) in [4.78, 5) is 0. The maximum atomic E-state index is 12.6. The smallest absolute Gasteiger partial charge is 0.279 e. The van der Waals surface area contributed by atoms with E-state index in [0.717, 1.165) is 18.8 Å². The van der Waals surface area contributed by atoms with Crippen LogP contribution in [0.1, 0.15) is 59.3 Å². The average Bonchev–Trinajstić information content (AvgIpc) is 3.01. The molecule has 6 nitrogen and oxygen atoms in total. The second kappa shape index (κ2) is 7.43. The molecule has 0 aromatic carbocycles. The second-order valence-corrected chi connectivity index (χ2v) is 10.7. The van der Waals surface area contributed by atoms with E-state index in [4.69, 9.17) is 9.47 Å². The van der Waals surface area contributed by atoms with Gasteiger partial charge in [0, 0.05) is 32.5 Å². The number of piperidine rings is 1. The third-order valence-electron chi connectivity index (χ3n) is 6.26. The number of hydrogen-bond donors (Lipinski definition) is 1. The first-order valence-electron chi connectivity index (χ1n) is 9.73. The molecule has 0 aromatic rings. The van der Waals surface area contributed by atoms with E-state index >= 15 is 0 Å². The fourth-order valence-corrected chi connectivity index (χ4v) is 5.69. The van der Waals surface area contributed by atoms with E-state index < -0.39 is 16.0 Å². The van der Waals surface area contributed by atoms with Crippen LogP contribution in [-0.4, -0.2) is 51.4 Å². The Morgan fingerprint density at radius 2 is 1.60 bits per heavy atom. The lowest BCUT2D eigenvalue weighted by atomic mass is 9.70. The predicted molar refractivity (Wildman–Crippen MR) is 97.3 cm³/mol. The van der Waals surface area contributed by atoms with E-state index in [0.29, 0.717) is 57.0 Å². The van der Waals surface area contributed by atoms with Gasteiger partial charge in [-0.3, -0.25) is 0 Å². The Kier molecular flexibility index (Phi) is 5.81.